The molecular formula is C14H18BrNO. The SMILES string of the molecule is Nc1ccc(Br)c(OCC2CC3CCC2C3)c1. The summed E-state index contributed by atoms with van der Waals surface area (Å²) >= 11 is 3.50. The standard InChI is InChI=1S/C14H18BrNO/c15-13-4-3-12(16)7-14(13)17-8-11-6-9-1-2-10(11)5-9/h3-4,7,9-11H,1-2,5-6,8,16H2. The van der Waals surface area contributed by atoms with Crippen molar-refractivity contribution in [2.24, 2.45) is 17.8 Å². The minimum absolute atomic E-state index is 0.760. The number of anilines is 1. The Bertz CT molecular complexity index is 421. The van der Waals surface area contributed by atoms with Gasteiger partial charge < -0.3 is 10.5 Å². The second kappa shape index (κ2) is 4.52. The predicted molar refractivity (Wildman–Crippen MR) is 73.0 cm³/mol. The number of rotatable bonds is 3. The van der Waals surface area contributed by atoms with E-state index in [0.717, 1.165) is 40.3 Å². The van der Waals surface area contributed by atoms with Gasteiger partial charge in [-0.2, -0.15) is 0 Å². The molecule has 3 atom stereocenters. The van der Waals surface area contributed by atoms with Gasteiger partial charge in [0.15, 0.2) is 0 Å². The van der Waals surface area contributed by atoms with E-state index < -0.39 is 0 Å². The molecule has 0 aromatic heterocycles. The highest BCUT2D eigenvalue weighted by atomic mass is 79.9. The van der Waals surface area contributed by atoms with Crippen LogP contribution < -0.4 is 10.5 Å². The first-order chi connectivity index (χ1) is 8.22. The predicted octanol–water partition coefficient (Wildman–Crippen LogP) is 3.85. The quantitative estimate of drug-likeness (QED) is 0.860. The van der Waals surface area contributed by atoms with Crippen LogP contribution in [0, 0.1) is 17.8 Å². The summed E-state index contributed by atoms with van der Waals surface area (Å²) in [6.45, 7) is 0.850. The van der Waals surface area contributed by atoms with Gasteiger partial charge in [0.05, 0.1) is 11.1 Å². The number of hydrogen-bond acceptors (Lipinski definition) is 2. The highest BCUT2D eigenvalue weighted by Gasteiger charge is 2.39. The zero-order valence-corrected chi connectivity index (χ0v) is 11.4. The Kier molecular flexibility index (Phi) is 3.03. The fraction of sp³-hybridized carbons (Fsp3) is 0.571. The summed E-state index contributed by atoms with van der Waals surface area (Å²) in [6, 6.07) is 5.73. The van der Waals surface area contributed by atoms with E-state index in [1.54, 1.807) is 0 Å². The molecule has 0 radical (unpaired) electrons. The van der Waals surface area contributed by atoms with Gasteiger partial charge in [0.1, 0.15) is 5.75 Å². The first-order valence-corrected chi connectivity index (χ1v) is 7.19. The zero-order valence-electron chi connectivity index (χ0n) is 9.86. The van der Waals surface area contributed by atoms with Crippen LogP contribution in [0.3, 0.4) is 0 Å². The minimum Gasteiger partial charge on any atom is -0.492 e. The maximum atomic E-state index is 5.93. The fourth-order valence-corrected chi connectivity index (χ4v) is 3.77. The van der Waals surface area contributed by atoms with Crippen LogP contribution in [0.15, 0.2) is 22.7 Å². The maximum absolute atomic E-state index is 5.93. The lowest BCUT2D eigenvalue weighted by Crippen LogP contribution is -2.18. The van der Waals surface area contributed by atoms with E-state index in [1.807, 2.05) is 18.2 Å². The molecule has 3 rings (SSSR count). The number of ether oxygens (including phenoxy) is 1. The van der Waals surface area contributed by atoms with E-state index in [0.29, 0.717) is 0 Å². The van der Waals surface area contributed by atoms with Gasteiger partial charge in [-0.3, -0.25) is 0 Å². The number of hydrogen-bond donors (Lipinski definition) is 1. The van der Waals surface area contributed by atoms with Crippen LogP contribution in [0.5, 0.6) is 5.75 Å². The third-order valence-corrected chi connectivity index (χ3v) is 4.95. The monoisotopic (exact) mass is 295 g/mol. The maximum Gasteiger partial charge on any atom is 0.135 e. The van der Waals surface area contributed by atoms with Crippen LogP contribution in [-0.4, -0.2) is 6.61 Å². The molecule has 92 valence electrons. The molecule has 1 aromatic rings. The molecule has 2 bridgehead atoms. The van der Waals surface area contributed by atoms with Crippen molar-refractivity contribution >= 4 is 21.6 Å². The summed E-state index contributed by atoms with van der Waals surface area (Å²) in [6.07, 6.45) is 5.66. The van der Waals surface area contributed by atoms with Crippen molar-refractivity contribution in [2.45, 2.75) is 25.7 Å². The molecule has 2 N–H and O–H groups in total. The summed E-state index contributed by atoms with van der Waals surface area (Å²) < 4.78 is 6.92. The minimum atomic E-state index is 0.760. The highest BCUT2D eigenvalue weighted by Crippen LogP contribution is 2.48. The molecule has 0 saturated heterocycles. The van der Waals surface area contributed by atoms with Crippen molar-refractivity contribution in [3.63, 3.8) is 0 Å². The summed E-state index contributed by atoms with van der Waals surface area (Å²) in [4.78, 5) is 0. The smallest absolute Gasteiger partial charge is 0.135 e. The van der Waals surface area contributed by atoms with E-state index in [4.69, 9.17) is 10.5 Å². The summed E-state index contributed by atoms with van der Waals surface area (Å²) in [5.41, 5.74) is 6.53. The fourth-order valence-electron chi connectivity index (χ4n) is 3.41. The van der Waals surface area contributed by atoms with Crippen LogP contribution in [0.4, 0.5) is 5.69 Å². The molecule has 2 nitrogen and oxygen atoms in total. The third-order valence-electron chi connectivity index (χ3n) is 4.29. The highest BCUT2D eigenvalue weighted by molar-refractivity contribution is 9.10. The average Bonchev–Trinajstić information content (AvgIpc) is 2.92. The molecule has 2 fully saturated rings. The van der Waals surface area contributed by atoms with Crippen LogP contribution in [0.1, 0.15) is 25.7 Å². The molecule has 2 saturated carbocycles. The van der Waals surface area contributed by atoms with E-state index >= 15 is 0 Å². The zero-order chi connectivity index (χ0) is 11.8. The summed E-state index contributed by atoms with van der Waals surface area (Å²) in [7, 11) is 0. The second-order valence-electron chi connectivity index (χ2n) is 5.44. The largest absolute Gasteiger partial charge is 0.492 e. The summed E-state index contributed by atoms with van der Waals surface area (Å²) in [5.74, 6) is 3.55. The van der Waals surface area contributed by atoms with Gasteiger partial charge in [0, 0.05) is 11.8 Å². The van der Waals surface area contributed by atoms with Gasteiger partial charge >= 0.3 is 0 Å². The van der Waals surface area contributed by atoms with Crippen molar-refractivity contribution < 1.29 is 4.74 Å². The van der Waals surface area contributed by atoms with Crippen molar-refractivity contribution in [1.82, 2.24) is 0 Å². The normalized spacial score (nSPS) is 30.8. The molecule has 2 aliphatic rings. The Hall–Kier alpha value is -0.700. The number of benzene rings is 1. The van der Waals surface area contributed by atoms with Gasteiger partial charge in [0.2, 0.25) is 0 Å². The molecule has 0 heterocycles. The van der Waals surface area contributed by atoms with Crippen molar-refractivity contribution in [3.05, 3.63) is 22.7 Å². The third kappa shape index (κ3) is 2.30. The summed E-state index contributed by atoms with van der Waals surface area (Å²) in [5, 5.41) is 0. The lowest BCUT2D eigenvalue weighted by atomic mass is 9.89. The molecule has 0 amide bonds. The Balaban J connectivity index is 1.62. The van der Waals surface area contributed by atoms with E-state index in [9.17, 15) is 0 Å². The van der Waals surface area contributed by atoms with Crippen molar-refractivity contribution in [2.75, 3.05) is 12.3 Å². The van der Waals surface area contributed by atoms with Gasteiger partial charge in [0.25, 0.3) is 0 Å². The molecule has 0 spiro atoms. The van der Waals surface area contributed by atoms with Crippen LogP contribution in [-0.2, 0) is 0 Å². The lowest BCUT2D eigenvalue weighted by molar-refractivity contribution is 0.194. The van der Waals surface area contributed by atoms with Gasteiger partial charge in [-0.05, 0) is 65.1 Å². The molecule has 0 aliphatic heterocycles. The van der Waals surface area contributed by atoms with E-state index in [2.05, 4.69) is 15.9 Å². The van der Waals surface area contributed by atoms with E-state index in [-0.39, 0.29) is 0 Å². The molecule has 3 unspecified atom stereocenters. The van der Waals surface area contributed by atoms with E-state index in [1.165, 1.54) is 25.7 Å². The second-order valence-corrected chi connectivity index (χ2v) is 6.29. The van der Waals surface area contributed by atoms with Crippen LogP contribution in [0.25, 0.3) is 0 Å². The number of nitrogens with two attached hydrogens (primary N) is 1. The molecule has 1 aromatic carbocycles. The number of nitrogen functional groups attached to an aromatic ring is 1. The molecule has 17 heavy (non-hydrogen) atoms. The average molecular weight is 296 g/mol. The molecular weight excluding hydrogens is 278 g/mol. The lowest BCUT2D eigenvalue weighted by Gasteiger charge is -2.22. The first kappa shape index (κ1) is 11.4. The molecule has 2 aliphatic carbocycles. The van der Waals surface area contributed by atoms with Crippen molar-refractivity contribution in [3.8, 4) is 5.75 Å². The van der Waals surface area contributed by atoms with Gasteiger partial charge in [-0.1, -0.05) is 6.42 Å². The first-order valence-electron chi connectivity index (χ1n) is 6.40. The van der Waals surface area contributed by atoms with Crippen molar-refractivity contribution in [1.29, 1.82) is 0 Å². The molecule has 3 heteroatoms. The Morgan fingerprint density at radius 2 is 2.18 bits per heavy atom. The number of halogens is 1. The van der Waals surface area contributed by atoms with Gasteiger partial charge in [-0.15, -0.1) is 0 Å². The Morgan fingerprint density at radius 3 is 2.88 bits per heavy atom. The Labute approximate surface area is 111 Å². The van der Waals surface area contributed by atoms with Crippen LogP contribution >= 0.6 is 15.9 Å². The number of fused-ring (bicyclic) bond motifs is 2. The van der Waals surface area contributed by atoms with Gasteiger partial charge in [-0.25, -0.2) is 0 Å². The van der Waals surface area contributed by atoms with Crippen LogP contribution in [0.2, 0.25) is 0 Å². The Morgan fingerprint density at radius 1 is 1.29 bits per heavy atom. The topological polar surface area (TPSA) is 35.2 Å².